The fourth-order valence-corrected chi connectivity index (χ4v) is 3.91. The standard InChI is InChI=1S/C18H24N2O2S/c1-15(12-13-19)20(2)14-23(21,22)18-10-8-17(9-11-18)16-6-4-3-5-7-16/h3-11,15H,12-14,19H2,1-2H3. The number of sulfone groups is 1. The van der Waals surface area contributed by atoms with Crippen LogP contribution in [-0.2, 0) is 9.84 Å². The van der Waals surface area contributed by atoms with E-state index in [9.17, 15) is 8.42 Å². The summed E-state index contributed by atoms with van der Waals surface area (Å²) in [6, 6.07) is 17.1. The van der Waals surface area contributed by atoms with Gasteiger partial charge in [0.1, 0.15) is 5.88 Å². The van der Waals surface area contributed by atoms with Crippen LogP contribution in [0.25, 0.3) is 11.1 Å². The van der Waals surface area contributed by atoms with E-state index in [1.807, 2.05) is 61.3 Å². The van der Waals surface area contributed by atoms with Crippen molar-refractivity contribution >= 4 is 9.84 Å². The van der Waals surface area contributed by atoms with Gasteiger partial charge in [-0.1, -0.05) is 42.5 Å². The molecule has 2 N–H and O–H groups in total. The van der Waals surface area contributed by atoms with E-state index in [1.54, 1.807) is 12.1 Å². The Morgan fingerprint density at radius 3 is 2.13 bits per heavy atom. The number of benzene rings is 2. The first-order valence-electron chi connectivity index (χ1n) is 7.72. The van der Waals surface area contributed by atoms with Gasteiger partial charge in [-0.3, -0.25) is 4.90 Å². The van der Waals surface area contributed by atoms with E-state index >= 15 is 0 Å². The van der Waals surface area contributed by atoms with Gasteiger partial charge in [0.2, 0.25) is 0 Å². The van der Waals surface area contributed by atoms with Gasteiger partial charge in [0.25, 0.3) is 0 Å². The second-order valence-corrected chi connectivity index (χ2v) is 7.78. The Kier molecular flexibility index (Phi) is 5.93. The summed E-state index contributed by atoms with van der Waals surface area (Å²) < 4.78 is 25.1. The molecular formula is C18H24N2O2S. The van der Waals surface area contributed by atoms with Crippen molar-refractivity contribution in [1.29, 1.82) is 0 Å². The molecule has 0 aliphatic carbocycles. The van der Waals surface area contributed by atoms with E-state index in [0.717, 1.165) is 17.5 Å². The van der Waals surface area contributed by atoms with E-state index in [4.69, 9.17) is 5.73 Å². The van der Waals surface area contributed by atoms with Gasteiger partial charge in [-0.25, -0.2) is 8.42 Å². The zero-order valence-corrected chi connectivity index (χ0v) is 14.5. The highest BCUT2D eigenvalue weighted by Gasteiger charge is 2.20. The van der Waals surface area contributed by atoms with Gasteiger partial charge in [0.15, 0.2) is 9.84 Å². The number of nitrogens with zero attached hydrogens (tertiary/aromatic N) is 1. The molecule has 0 aromatic heterocycles. The van der Waals surface area contributed by atoms with Crippen LogP contribution < -0.4 is 5.73 Å². The average Bonchev–Trinajstić information content (AvgIpc) is 2.55. The molecule has 2 aromatic rings. The lowest BCUT2D eigenvalue weighted by Crippen LogP contribution is -2.35. The van der Waals surface area contributed by atoms with Crippen molar-refractivity contribution < 1.29 is 8.42 Å². The molecule has 124 valence electrons. The molecule has 0 heterocycles. The summed E-state index contributed by atoms with van der Waals surface area (Å²) in [5.41, 5.74) is 7.62. The molecule has 0 bridgehead atoms. The minimum Gasteiger partial charge on any atom is -0.330 e. The number of hydrogen-bond donors (Lipinski definition) is 1. The Balaban J connectivity index is 2.14. The van der Waals surface area contributed by atoms with Crippen molar-refractivity contribution in [3.63, 3.8) is 0 Å². The summed E-state index contributed by atoms with van der Waals surface area (Å²) in [4.78, 5) is 2.18. The predicted molar refractivity (Wildman–Crippen MR) is 94.8 cm³/mol. The highest BCUT2D eigenvalue weighted by molar-refractivity contribution is 7.91. The van der Waals surface area contributed by atoms with Crippen LogP contribution in [0.1, 0.15) is 13.3 Å². The first-order chi connectivity index (χ1) is 10.9. The van der Waals surface area contributed by atoms with Gasteiger partial charge >= 0.3 is 0 Å². The van der Waals surface area contributed by atoms with E-state index in [2.05, 4.69) is 0 Å². The summed E-state index contributed by atoms with van der Waals surface area (Å²) in [6.07, 6.45) is 0.777. The van der Waals surface area contributed by atoms with Crippen LogP contribution in [0, 0.1) is 0 Å². The molecule has 2 rings (SSSR count). The first kappa shape index (κ1) is 17.7. The van der Waals surface area contributed by atoms with Crippen molar-refractivity contribution in [2.24, 2.45) is 5.73 Å². The van der Waals surface area contributed by atoms with Crippen LogP contribution in [0.2, 0.25) is 0 Å². The summed E-state index contributed by atoms with van der Waals surface area (Å²) in [5.74, 6) is -0.00114. The van der Waals surface area contributed by atoms with Crippen molar-refractivity contribution in [2.45, 2.75) is 24.3 Å². The first-order valence-corrected chi connectivity index (χ1v) is 9.38. The Bertz CT molecular complexity index is 712. The molecule has 1 atom stereocenters. The topological polar surface area (TPSA) is 63.4 Å². The zero-order valence-electron chi connectivity index (χ0n) is 13.6. The maximum atomic E-state index is 12.5. The Hall–Kier alpha value is -1.69. The molecule has 0 aliphatic rings. The number of rotatable bonds is 7. The van der Waals surface area contributed by atoms with Crippen LogP contribution in [0.4, 0.5) is 0 Å². The van der Waals surface area contributed by atoms with Crippen LogP contribution in [0.15, 0.2) is 59.5 Å². The van der Waals surface area contributed by atoms with Gasteiger partial charge in [-0.05, 0) is 50.2 Å². The quantitative estimate of drug-likeness (QED) is 0.847. The zero-order chi connectivity index (χ0) is 16.9. The molecule has 0 radical (unpaired) electrons. The van der Waals surface area contributed by atoms with E-state index in [-0.39, 0.29) is 11.9 Å². The molecule has 0 spiro atoms. The summed E-state index contributed by atoms with van der Waals surface area (Å²) in [6.45, 7) is 2.54. The summed E-state index contributed by atoms with van der Waals surface area (Å²) in [7, 11) is -1.52. The largest absolute Gasteiger partial charge is 0.330 e. The summed E-state index contributed by atoms with van der Waals surface area (Å²) >= 11 is 0. The number of hydrogen-bond acceptors (Lipinski definition) is 4. The van der Waals surface area contributed by atoms with Crippen molar-refractivity contribution in [2.75, 3.05) is 19.5 Å². The van der Waals surface area contributed by atoms with Crippen molar-refractivity contribution in [3.8, 4) is 11.1 Å². The SMILES string of the molecule is CC(CCN)N(C)CS(=O)(=O)c1ccc(-c2ccccc2)cc1. The predicted octanol–water partition coefficient (Wildman–Crippen LogP) is 2.75. The minimum absolute atomic E-state index is 0.00114. The molecule has 0 saturated carbocycles. The second kappa shape index (κ2) is 7.73. The van der Waals surface area contributed by atoms with Crippen LogP contribution >= 0.6 is 0 Å². The molecule has 1 unspecified atom stereocenters. The van der Waals surface area contributed by atoms with Gasteiger partial charge in [0, 0.05) is 6.04 Å². The van der Waals surface area contributed by atoms with Crippen LogP contribution in [0.3, 0.4) is 0 Å². The van der Waals surface area contributed by atoms with E-state index in [0.29, 0.717) is 11.4 Å². The average molecular weight is 332 g/mol. The van der Waals surface area contributed by atoms with Gasteiger partial charge in [-0.15, -0.1) is 0 Å². The fraction of sp³-hybridized carbons (Fsp3) is 0.333. The Labute approximate surface area is 138 Å². The van der Waals surface area contributed by atoms with Gasteiger partial charge in [0.05, 0.1) is 4.90 Å². The molecule has 4 nitrogen and oxygen atoms in total. The maximum absolute atomic E-state index is 12.5. The Morgan fingerprint density at radius 1 is 1.00 bits per heavy atom. The molecule has 0 fully saturated rings. The maximum Gasteiger partial charge on any atom is 0.191 e. The molecule has 23 heavy (non-hydrogen) atoms. The smallest absolute Gasteiger partial charge is 0.191 e. The second-order valence-electron chi connectivity index (χ2n) is 5.82. The Morgan fingerprint density at radius 2 is 1.57 bits per heavy atom. The van der Waals surface area contributed by atoms with Gasteiger partial charge in [-0.2, -0.15) is 0 Å². The third-order valence-corrected chi connectivity index (χ3v) is 5.77. The van der Waals surface area contributed by atoms with Gasteiger partial charge < -0.3 is 5.73 Å². The van der Waals surface area contributed by atoms with Crippen molar-refractivity contribution in [3.05, 3.63) is 54.6 Å². The lowest BCUT2D eigenvalue weighted by atomic mass is 10.1. The molecule has 2 aromatic carbocycles. The highest BCUT2D eigenvalue weighted by Crippen LogP contribution is 2.22. The highest BCUT2D eigenvalue weighted by atomic mass is 32.2. The molecule has 0 aliphatic heterocycles. The molecule has 5 heteroatoms. The molecular weight excluding hydrogens is 308 g/mol. The fourth-order valence-electron chi connectivity index (χ4n) is 2.42. The van der Waals surface area contributed by atoms with Crippen molar-refractivity contribution in [1.82, 2.24) is 4.90 Å². The molecule has 0 saturated heterocycles. The van der Waals surface area contributed by atoms with E-state index < -0.39 is 9.84 Å². The van der Waals surface area contributed by atoms with Crippen LogP contribution in [-0.4, -0.2) is 38.8 Å². The van der Waals surface area contributed by atoms with E-state index in [1.165, 1.54) is 0 Å². The minimum atomic E-state index is -3.34. The third-order valence-electron chi connectivity index (χ3n) is 4.03. The van der Waals surface area contributed by atoms with Crippen LogP contribution in [0.5, 0.6) is 0 Å². The normalized spacial score (nSPS) is 13.2. The summed E-state index contributed by atoms with van der Waals surface area (Å²) in [5, 5.41) is 0. The third kappa shape index (κ3) is 4.64. The molecule has 0 amide bonds. The number of nitrogens with two attached hydrogens (primary N) is 1. The lowest BCUT2D eigenvalue weighted by molar-refractivity contribution is 0.284. The lowest BCUT2D eigenvalue weighted by Gasteiger charge is -2.23. The monoisotopic (exact) mass is 332 g/mol.